The third kappa shape index (κ3) is 5.30. The van der Waals surface area contributed by atoms with Gasteiger partial charge in [-0.15, -0.1) is 0 Å². The van der Waals surface area contributed by atoms with Crippen molar-refractivity contribution >= 4 is 34.9 Å². The molecule has 2 aromatic rings. The van der Waals surface area contributed by atoms with Crippen molar-refractivity contribution in [3.8, 4) is 6.07 Å². The maximum Gasteiger partial charge on any atom is 0.335 e. The van der Waals surface area contributed by atoms with Crippen LogP contribution < -0.4 is 10.6 Å². The Hall–Kier alpha value is -3.90. The zero-order valence-electron chi connectivity index (χ0n) is 14.2. The van der Waals surface area contributed by atoms with Crippen molar-refractivity contribution < 1.29 is 19.6 Å². The first-order chi connectivity index (χ1) is 13.3. The highest BCUT2D eigenvalue weighted by Crippen LogP contribution is 2.27. The number of nitrogens with one attached hydrogen (secondary N) is 2. The van der Waals surface area contributed by atoms with E-state index in [0.29, 0.717) is 0 Å². The van der Waals surface area contributed by atoms with Gasteiger partial charge in [0, 0.05) is 24.9 Å². The number of carboxylic acid groups (broad SMARTS) is 1. The van der Waals surface area contributed by atoms with E-state index in [9.17, 15) is 19.7 Å². The molecule has 10 heteroatoms. The molecule has 0 aliphatic heterocycles. The number of benzene rings is 2. The van der Waals surface area contributed by atoms with E-state index >= 15 is 0 Å². The predicted molar refractivity (Wildman–Crippen MR) is 101 cm³/mol. The van der Waals surface area contributed by atoms with E-state index in [1.807, 2.05) is 0 Å². The molecular weight excluding hydrogens is 388 g/mol. The summed E-state index contributed by atoms with van der Waals surface area (Å²) in [7, 11) is 0. The number of nitro benzene ring substituents is 1. The van der Waals surface area contributed by atoms with E-state index in [-0.39, 0.29) is 34.1 Å². The van der Waals surface area contributed by atoms with Crippen molar-refractivity contribution in [3.63, 3.8) is 0 Å². The topological polar surface area (TPSA) is 145 Å². The zero-order valence-corrected chi connectivity index (χ0v) is 14.9. The van der Waals surface area contributed by atoms with E-state index in [1.165, 1.54) is 30.5 Å². The molecule has 142 valence electrons. The highest BCUT2D eigenvalue weighted by atomic mass is 35.5. The molecule has 2 aromatic carbocycles. The Morgan fingerprint density at radius 1 is 1.25 bits per heavy atom. The Labute approximate surface area is 164 Å². The minimum absolute atomic E-state index is 0.00581. The molecule has 0 radical (unpaired) electrons. The summed E-state index contributed by atoms with van der Waals surface area (Å²) in [5.74, 6) is -1.83. The second kappa shape index (κ2) is 9.16. The van der Waals surface area contributed by atoms with Crippen LogP contribution in [0.1, 0.15) is 15.9 Å². The number of non-ortho nitro benzene ring substituents is 1. The number of amides is 1. The fourth-order valence-corrected chi connectivity index (χ4v) is 2.26. The fraction of sp³-hybridized carbons (Fsp3) is 0.0556. The third-order valence-electron chi connectivity index (χ3n) is 3.53. The van der Waals surface area contributed by atoms with E-state index in [4.69, 9.17) is 22.0 Å². The van der Waals surface area contributed by atoms with E-state index in [0.717, 1.165) is 11.6 Å². The van der Waals surface area contributed by atoms with Crippen LogP contribution in [0.4, 0.5) is 11.4 Å². The number of aromatic carboxylic acids is 1. The van der Waals surface area contributed by atoms with Gasteiger partial charge in [0.05, 0.1) is 21.2 Å². The SMILES string of the molecule is N#C/C(=C/NCc1ccc(C(=O)O)cc1)C(=O)Nc1cc([N+](=O)[O-])ccc1Cl. The number of hydrogen-bond acceptors (Lipinski definition) is 6. The normalized spacial score (nSPS) is 10.6. The molecule has 0 bridgehead atoms. The number of nitrogens with zero attached hydrogens (tertiary/aromatic N) is 2. The summed E-state index contributed by atoms with van der Waals surface area (Å²) >= 11 is 5.92. The Morgan fingerprint density at radius 3 is 2.50 bits per heavy atom. The van der Waals surface area contributed by atoms with Gasteiger partial charge >= 0.3 is 5.97 Å². The highest BCUT2D eigenvalue weighted by Gasteiger charge is 2.15. The molecule has 0 unspecified atom stereocenters. The van der Waals surface area contributed by atoms with Crippen LogP contribution in [0.15, 0.2) is 54.2 Å². The Morgan fingerprint density at radius 2 is 1.93 bits per heavy atom. The van der Waals surface area contributed by atoms with E-state index in [2.05, 4.69) is 10.6 Å². The highest BCUT2D eigenvalue weighted by molar-refractivity contribution is 6.34. The van der Waals surface area contributed by atoms with Crippen molar-refractivity contribution in [1.29, 1.82) is 5.26 Å². The number of nitriles is 1. The second-order valence-corrected chi connectivity index (χ2v) is 5.84. The maximum atomic E-state index is 12.2. The lowest BCUT2D eigenvalue weighted by Crippen LogP contribution is -2.17. The van der Waals surface area contributed by atoms with Gasteiger partial charge in [0.25, 0.3) is 11.6 Å². The van der Waals surface area contributed by atoms with Crippen LogP contribution in [0, 0.1) is 21.4 Å². The van der Waals surface area contributed by atoms with Crippen molar-refractivity contribution in [1.82, 2.24) is 5.32 Å². The smallest absolute Gasteiger partial charge is 0.335 e. The Bertz CT molecular complexity index is 996. The number of halogens is 1. The second-order valence-electron chi connectivity index (χ2n) is 5.43. The maximum absolute atomic E-state index is 12.2. The molecule has 0 spiro atoms. The summed E-state index contributed by atoms with van der Waals surface area (Å²) in [6, 6.07) is 11.3. The van der Waals surface area contributed by atoms with Crippen LogP contribution in [-0.2, 0) is 11.3 Å². The molecule has 0 heterocycles. The van der Waals surface area contributed by atoms with Gasteiger partial charge in [-0.05, 0) is 23.8 Å². The predicted octanol–water partition coefficient (Wildman–Crippen LogP) is 3.08. The van der Waals surface area contributed by atoms with Crippen LogP contribution in [0.2, 0.25) is 5.02 Å². The van der Waals surface area contributed by atoms with E-state index in [1.54, 1.807) is 18.2 Å². The lowest BCUT2D eigenvalue weighted by atomic mass is 10.1. The molecule has 9 nitrogen and oxygen atoms in total. The largest absolute Gasteiger partial charge is 0.478 e. The average molecular weight is 401 g/mol. The summed E-state index contributed by atoms with van der Waals surface area (Å²) in [6.45, 7) is 0.246. The molecule has 0 saturated heterocycles. The van der Waals surface area contributed by atoms with Gasteiger partial charge < -0.3 is 15.7 Å². The number of carboxylic acids is 1. The summed E-state index contributed by atoms with van der Waals surface area (Å²) in [5.41, 5.74) is 0.354. The summed E-state index contributed by atoms with van der Waals surface area (Å²) in [5, 5.41) is 34.0. The first-order valence-electron chi connectivity index (χ1n) is 7.73. The number of carbonyl (C=O) groups is 2. The molecule has 28 heavy (non-hydrogen) atoms. The molecule has 0 aliphatic rings. The molecule has 1 amide bonds. The van der Waals surface area contributed by atoms with Crippen LogP contribution in [0.3, 0.4) is 0 Å². The number of carbonyl (C=O) groups excluding carboxylic acids is 1. The average Bonchev–Trinajstić information content (AvgIpc) is 2.67. The molecule has 0 saturated carbocycles. The molecule has 0 aromatic heterocycles. The van der Waals surface area contributed by atoms with Crippen LogP contribution in [0.5, 0.6) is 0 Å². The van der Waals surface area contributed by atoms with Gasteiger partial charge in [0.2, 0.25) is 0 Å². The lowest BCUT2D eigenvalue weighted by Gasteiger charge is -2.07. The van der Waals surface area contributed by atoms with Gasteiger partial charge in [-0.25, -0.2) is 4.79 Å². The standard InChI is InChI=1S/C18H13ClN4O5/c19-15-6-5-14(23(27)28)7-16(15)22-17(24)13(8-20)10-21-9-11-1-3-12(4-2-11)18(25)26/h1-7,10,21H,9H2,(H,22,24)(H,25,26)/b13-10-. The summed E-state index contributed by atoms with van der Waals surface area (Å²) < 4.78 is 0. The number of nitro groups is 1. The first-order valence-corrected chi connectivity index (χ1v) is 8.11. The fourth-order valence-electron chi connectivity index (χ4n) is 2.10. The van der Waals surface area contributed by atoms with Crippen LogP contribution in [0.25, 0.3) is 0 Å². The lowest BCUT2D eigenvalue weighted by molar-refractivity contribution is -0.384. The zero-order chi connectivity index (χ0) is 20.7. The molecule has 2 rings (SSSR count). The molecule has 3 N–H and O–H groups in total. The van der Waals surface area contributed by atoms with Gasteiger partial charge in [0.15, 0.2) is 0 Å². The number of anilines is 1. The Balaban J connectivity index is 2.05. The Kier molecular flexibility index (Phi) is 6.68. The summed E-state index contributed by atoms with van der Waals surface area (Å²) in [4.78, 5) is 33.2. The monoisotopic (exact) mass is 400 g/mol. The van der Waals surface area contributed by atoms with Crippen molar-refractivity contribution in [2.75, 3.05) is 5.32 Å². The van der Waals surface area contributed by atoms with Crippen LogP contribution in [-0.4, -0.2) is 21.9 Å². The van der Waals surface area contributed by atoms with Gasteiger partial charge in [-0.1, -0.05) is 23.7 Å². The van der Waals surface area contributed by atoms with Gasteiger partial charge in [0.1, 0.15) is 11.6 Å². The van der Waals surface area contributed by atoms with Gasteiger partial charge in [-0.3, -0.25) is 14.9 Å². The molecule has 0 fully saturated rings. The van der Waals surface area contributed by atoms with Crippen molar-refractivity contribution in [3.05, 3.63) is 80.5 Å². The molecule has 0 atom stereocenters. The minimum atomic E-state index is -1.04. The quantitative estimate of drug-likeness (QED) is 0.280. The third-order valence-corrected chi connectivity index (χ3v) is 3.86. The van der Waals surface area contributed by atoms with E-state index < -0.39 is 16.8 Å². The molecular formula is C18H13ClN4O5. The number of rotatable bonds is 7. The minimum Gasteiger partial charge on any atom is -0.478 e. The number of hydrogen-bond donors (Lipinski definition) is 3. The van der Waals surface area contributed by atoms with Crippen molar-refractivity contribution in [2.24, 2.45) is 0 Å². The molecule has 0 aliphatic carbocycles. The first kappa shape index (κ1) is 20.4. The van der Waals surface area contributed by atoms with Gasteiger partial charge in [-0.2, -0.15) is 5.26 Å². The van der Waals surface area contributed by atoms with Crippen molar-refractivity contribution in [2.45, 2.75) is 6.54 Å². The van der Waals surface area contributed by atoms with Crippen LogP contribution >= 0.6 is 11.6 Å². The summed E-state index contributed by atoms with van der Waals surface area (Å²) in [6.07, 6.45) is 1.19.